The van der Waals surface area contributed by atoms with Crippen LogP contribution in [0, 0.1) is 6.92 Å². The van der Waals surface area contributed by atoms with Crippen LogP contribution in [0.15, 0.2) is 105 Å². The summed E-state index contributed by atoms with van der Waals surface area (Å²) in [6.07, 6.45) is 3.70. The van der Waals surface area contributed by atoms with E-state index in [1.807, 2.05) is 79.7 Å². The average molecular weight is 341 g/mol. The van der Waals surface area contributed by atoms with Gasteiger partial charge in [-0.05, 0) is 36.1 Å². The number of hydrogen-bond donors (Lipinski definition) is 0. The normalized spacial score (nSPS) is 8.85. The van der Waals surface area contributed by atoms with Crippen molar-refractivity contribution in [2.75, 3.05) is 0 Å². The second kappa shape index (κ2) is 12.3. The second-order valence-corrected chi connectivity index (χ2v) is 5.82. The number of allylic oxidation sites excluding steroid dienone is 1. The minimum atomic E-state index is 1.12. The Morgan fingerprint density at radius 3 is 1.54 bits per heavy atom. The second-order valence-electron chi connectivity index (χ2n) is 5.82. The molecule has 3 rings (SSSR count). The van der Waals surface area contributed by atoms with E-state index in [2.05, 4.69) is 50.9 Å². The van der Waals surface area contributed by atoms with Crippen LogP contribution in [0.1, 0.15) is 29.2 Å². The van der Waals surface area contributed by atoms with Crippen LogP contribution < -0.4 is 0 Å². The van der Waals surface area contributed by atoms with E-state index in [0.717, 1.165) is 5.57 Å². The Balaban J connectivity index is 0.000000195. The third-order valence-electron chi connectivity index (χ3n) is 3.71. The van der Waals surface area contributed by atoms with E-state index in [0.29, 0.717) is 0 Å². The zero-order chi connectivity index (χ0) is 19.2. The minimum Gasteiger partial charge on any atom is -0.0985 e. The van der Waals surface area contributed by atoms with Gasteiger partial charge in [0.2, 0.25) is 0 Å². The Kier molecular flexibility index (Phi) is 9.88. The monoisotopic (exact) mass is 340 g/mol. The van der Waals surface area contributed by atoms with Crippen molar-refractivity contribution < 1.29 is 0 Å². The lowest BCUT2D eigenvalue weighted by Crippen LogP contribution is -1.75. The van der Waals surface area contributed by atoms with Crippen molar-refractivity contribution in [2.45, 2.75) is 13.8 Å². The van der Waals surface area contributed by atoms with E-state index < -0.39 is 0 Å². The molecule has 0 nitrogen and oxygen atoms in total. The van der Waals surface area contributed by atoms with Crippen molar-refractivity contribution in [3.63, 3.8) is 0 Å². The van der Waals surface area contributed by atoms with Gasteiger partial charge in [-0.1, -0.05) is 122 Å². The molecule has 0 N–H and O–H groups in total. The van der Waals surface area contributed by atoms with Gasteiger partial charge in [-0.2, -0.15) is 0 Å². The molecule has 3 aromatic rings. The predicted octanol–water partition coefficient (Wildman–Crippen LogP) is 7.69. The van der Waals surface area contributed by atoms with Crippen molar-refractivity contribution >= 4 is 17.7 Å². The molecule has 0 amide bonds. The van der Waals surface area contributed by atoms with Crippen molar-refractivity contribution in [3.05, 3.63) is 127 Å². The number of aryl methyl sites for hydroxylation is 1. The van der Waals surface area contributed by atoms with Gasteiger partial charge in [-0.15, -0.1) is 0 Å². The lowest BCUT2D eigenvalue weighted by atomic mass is 10.1. The fourth-order valence-electron chi connectivity index (χ4n) is 2.13. The van der Waals surface area contributed by atoms with Gasteiger partial charge in [0.1, 0.15) is 0 Å². The molecule has 0 unspecified atom stereocenters. The molecule has 0 aliphatic rings. The number of benzene rings is 3. The maximum Gasteiger partial charge on any atom is -0.0233 e. The number of rotatable bonds is 3. The summed E-state index contributed by atoms with van der Waals surface area (Å²) in [6.45, 7) is 15.2. The molecule has 132 valence electrons. The maximum absolute atomic E-state index is 3.83. The van der Waals surface area contributed by atoms with Crippen LogP contribution in [0.2, 0.25) is 0 Å². The highest BCUT2D eigenvalue weighted by Crippen LogP contribution is 2.08. The molecule has 0 spiro atoms. The molecule has 0 aromatic heterocycles. The van der Waals surface area contributed by atoms with Gasteiger partial charge < -0.3 is 0 Å². The summed E-state index contributed by atoms with van der Waals surface area (Å²) >= 11 is 0. The third-order valence-corrected chi connectivity index (χ3v) is 3.71. The molecule has 0 fully saturated rings. The van der Waals surface area contributed by atoms with Crippen LogP contribution in [-0.2, 0) is 0 Å². The molecule has 0 bridgehead atoms. The molecular formula is C26H28. The predicted molar refractivity (Wildman–Crippen MR) is 119 cm³/mol. The highest BCUT2D eigenvalue weighted by molar-refractivity contribution is 5.60. The van der Waals surface area contributed by atoms with Crippen LogP contribution in [-0.4, -0.2) is 0 Å². The van der Waals surface area contributed by atoms with Gasteiger partial charge in [0.25, 0.3) is 0 Å². The molecule has 0 saturated heterocycles. The third kappa shape index (κ3) is 8.12. The SMILES string of the molecule is C=C(C)c1ccccc1.C=Cc1ccccc1.C=Cc1ccccc1C. The van der Waals surface area contributed by atoms with Crippen LogP contribution in [0.25, 0.3) is 17.7 Å². The van der Waals surface area contributed by atoms with Crippen LogP contribution in [0.4, 0.5) is 0 Å². The first kappa shape index (κ1) is 20.9. The Bertz CT molecular complexity index is 796. The first-order valence-corrected chi connectivity index (χ1v) is 8.65. The molecule has 0 heteroatoms. The summed E-state index contributed by atoms with van der Waals surface area (Å²) in [5.41, 5.74) is 6.02. The van der Waals surface area contributed by atoms with Crippen molar-refractivity contribution in [1.29, 1.82) is 0 Å². The minimum absolute atomic E-state index is 1.12. The molecule has 0 radical (unpaired) electrons. The first-order chi connectivity index (χ1) is 12.6. The molecule has 0 aliphatic heterocycles. The Morgan fingerprint density at radius 2 is 1.19 bits per heavy atom. The van der Waals surface area contributed by atoms with E-state index in [9.17, 15) is 0 Å². The fourth-order valence-corrected chi connectivity index (χ4v) is 2.13. The zero-order valence-corrected chi connectivity index (χ0v) is 15.9. The Hall–Kier alpha value is -3.12. The summed E-state index contributed by atoms with van der Waals surface area (Å²) in [4.78, 5) is 0. The Labute approximate surface area is 158 Å². The van der Waals surface area contributed by atoms with Gasteiger partial charge in [-0.25, -0.2) is 0 Å². The molecule has 3 aromatic carbocycles. The van der Waals surface area contributed by atoms with Crippen LogP contribution >= 0.6 is 0 Å². The quantitative estimate of drug-likeness (QED) is 0.458. The Morgan fingerprint density at radius 1 is 0.692 bits per heavy atom. The fraction of sp³-hybridized carbons (Fsp3) is 0.0769. The average Bonchev–Trinajstić information content (AvgIpc) is 2.70. The van der Waals surface area contributed by atoms with Gasteiger partial charge in [0, 0.05) is 0 Å². The summed E-state index contributed by atoms with van der Waals surface area (Å²) in [5, 5.41) is 0. The lowest BCUT2D eigenvalue weighted by molar-refractivity contribution is 1.45. The summed E-state index contributed by atoms with van der Waals surface area (Å²) in [6, 6.07) is 28.4. The molecule has 0 saturated carbocycles. The summed E-state index contributed by atoms with van der Waals surface area (Å²) in [7, 11) is 0. The van der Waals surface area contributed by atoms with Gasteiger partial charge in [-0.3, -0.25) is 0 Å². The molecule has 26 heavy (non-hydrogen) atoms. The molecule has 0 aliphatic carbocycles. The lowest BCUT2D eigenvalue weighted by Gasteiger charge is -1.95. The largest absolute Gasteiger partial charge is 0.0985 e. The summed E-state index contributed by atoms with van der Waals surface area (Å²) < 4.78 is 0. The van der Waals surface area contributed by atoms with Gasteiger partial charge in [0.05, 0.1) is 0 Å². The van der Waals surface area contributed by atoms with Crippen LogP contribution in [0.3, 0.4) is 0 Å². The maximum atomic E-state index is 3.83. The topological polar surface area (TPSA) is 0 Å². The van der Waals surface area contributed by atoms with E-state index in [1.54, 1.807) is 0 Å². The first-order valence-electron chi connectivity index (χ1n) is 8.65. The molecular weight excluding hydrogens is 312 g/mol. The van der Waals surface area contributed by atoms with Gasteiger partial charge in [0.15, 0.2) is 0 Å². The standard InChI is InChI=1S/2C9H10.C8H8/c1-8(2)9-6-4-3-5-7-9;1-3-9-7-5-4-6-8(9)2;1-2-8-6-4-3-5-7-8/h2*3-7H,1H2,2H3;2-7H,1H2. The van der Waals surface area contributed by atoms with Crippen LogP contribution in [0.5, 0.6) is 0 Å². The van der Waals surface area contributed by atoms with Crippen molar-refractivity contribution in [3.8, 4) is 0 Å². The zero-order valence-electron chi connectivity index (χ0n) is 15.9. The van der Waals surface area contributed by atoms with E-state index in [4.69, 9.17) is 0 Å². The van der Waals surface area contributed by atoms with Gasteiger partial charge >= 0.3 is 0 Å². The van der Waals surface area contributed by atoms with E-state index in [1.165, 1.54) is 22.3 Å². The summed E-state index contributed by atoms with van der Waals surface area (Å²) in [5.74, 6) is 0. The highest BCUT2D eigenvalue weighted by Gasteiger charge is 1.87. The molecule has 0 heterocycles. The van der Waals surface area contributed by atoms with E-state index >= 15 is 0 Å². The van der Waals surface area contributed by atoms with E-state index in [-0.39, 0.29) is 0 Å². The smallest absolute Gasteiger partial charge is 0.0233 e. The molecule has 0 atom stereocenters. The van der Waals surface area contributed by atoms with Crippen molar-refractivity contribution in [2.24, 2.45) is 0 Å². The number of hydrogen-bond acceptors (Lipinski definition) is 0. The van der Waals surface area contributed by atoms with Crippen molar-refractivity contribution in [1.82, 2.24) is 0 Å². The highest BCUT2D eigenvalue weighted by atomic mass is 13.9.